The number of hydrogen-bond acceptors (Lipinski definition) is 11. The summed E-state index contributed by atoms with van der Waals surface area (Å²) in [5, 5.41) is 17.2. The lowest BCUT2D eigenvalue weighted by atomic mass is 10.0. The number of carbonyl (C=O) groups is 3. The van der Waals surface area contributed by atoms with E-state index in [0.29, 0.717) is 6.42 Å². The molecule has 0 aromatic carbocycles. The summed E-state index contributed by atoms with van der Waals surface area (Å²) in [6.45, 7) is 0.212. The molecule has 1 saturated heterocycles. The van der Waals surface area contributed by atoms with Gasteiger partial charge >= 0.3 is 5.97 Å². The molecule has 0 aliphatic carbocycles. The summed E-state index contributed by atoms with van der Waals surface area (Å²) < 4.78 is 5.71. The fourth-order valence-electron chi connectivity index (χ4n) is 3.43. The van der Waals surface area contributed by atoms with E-state index in [0.717, 1.165) is 21.9 Å². The van der Waals surface area contributed by atoms with Crippen molar-refractivity contribution in [2.45, 2.75) is 17.8 Å². The Morgan fingerprint density at radius 3 is 2.88 bits per heavy atom. The summed E-state index contributed by atoms with van der Waals surface area (Å²) in [6, 6.07) is 4.55. The van der Waals surface area contributed by atoms with Gasteiger partial charge < -0.3 is 25.7 Å². The number of rotatable bonds is 9. The molecular formula is C20H20N6O6S2. The first-order valence-electron chi connectivity index (χ1n) is 9.98. The van der Waals surface area contributed by atoms with E-state index in [1.807, 2.05) is 12.1 Å². The van der Waals surface area contributed by atoms with Crippen LogP contribution in [0.15, 0.2) is 46.4 Å². The normalized spacial score (nSPS) is 19.9. The Morgan fingerprint density at radius 2 is 2.24 bits per heavy atom. The molecule has 4 rings (SSSR count). The number of aliphatic carboxylic acids is 1. The SMILES string of the molecule is CON=C(C(=O)N[C@@H]1C(=O)N2C(C(=O)O)=C(OCCc3ccccn3)CS[C@@H]12)c1csc(N)n1. The first-order valence-corrected chi connectivity index (χ1v) is 11.9. The minimum Gasteiger partial charge on any atom is -0.494 e. The molecule has 178 valence electrons. The van der Waals surface area contributed by atoms with Crippen molar-refractivity contribution >= 4 is 51.7 Å². The molecule has 2 aromatic rings. The van der Waals surface area contributed by atoms with Crippen LogP contribution in [0.5, 0.6) is 0 Å². The van der Waals surface area contributed by atoms with Gasteiger partial charge in [-0.15, -0.1) is 23.1 Å². The number of nitrogens with two attached hydrogens (primary N) is 1. The van der Waals surface area contributed by atoms with Gasteiger partial charge in [0.05, 0.1) is 12.4 Å². The van der Waals surface area contributed by atoms with Crippen LogP contribution in [0, 0.1) is 0 Å². The average molecular weight is 505 g/mol. The largest absolute Gasteiger partial charge is 0.494 e. The van der Waals surface area contributed by atoms with E-state index in [2.05, 4.69) is 20.4 Å². The van der Waals surface area contributed by atoms with Gasteiger partial charge in [0.15, 0.2) is 16.5 Å². The zero-order chi connectivity index (χ0) is 24.2. The van der Waals surface area contributed by atoms with Crippen molar-refractivity contribution in [1.82, 2.24) is 20.2 Å². The maximum absolute atomic E-state index is 12.8. The van der Waals surface area contributed by atoms with E-state index in [1.165, 1.54) is 24.3 Å². The van der Waals surface area contributed by atoms with Crippen molar-refractivity contribution in [3.05, 3.63) is 52.6 Å². The lowest BCUT2D eigenvalue weighted by Crippen LogP contribution is -2.71. The molecule has 2 aromatic heterocycles. The van der Waals surface area contributed by atoms with Gasteiger partial charge in [-0.2, -0.15) is 0 Å². The standard InChI is InChI=1S/C20H20N6O6S2/c1-31-25-13(11-8-34-20(21)23-11)16(27)24-14-17(28)26-15(19(29)30)12(9-33-18(14)26)32-7-5-10-4-2-3-6-22-10/h2-4,6,8,14,18H,5,7,9H2,1H3,(H2,21,23)(H,24,27)(H,29,30)/t14-,18+/m1/s1. The summed E-state index contributed by atoms with van der Waals surface area (Å²) in [4.78, 5) is 51.7. The molecule has 4 N–H and O–H groups in total. The monoisotopic (exact) mass is 504 g/mol. The van der Waals surface area contributed by atoms with E-state index in [4.69, 9.17) is 15.3 Å². The third-order valence-electron chi connectivity index (χ3n) is 4.95. The van der Waals surface area contributed by atoms with E-state index in [1.54, 1.807) is 12.3 Å². The predicted molar refractivity (Wildman–Crippen MR) is 124 cm³/mol. The number of ether oxygens (including phenoxy) is 1. The van der Waals surface area contributed by atoms with Gasteiger partial charge in [-0.3, -0.25) is 19.5 Å². The number of thioether (sulfide) groups is 1. The van der Waals surface area contributed by atoms with Gasteiger partial charge in [0, 0.05) is 23.7 Å². The van der Waals surface area contributed by atoms with E-state index < -0.39 is 29.2 Å². The maximum Gasteiger partial charge on any atom is 0.356 e. The van der Waals surface area contributed by atoms with Gasteiger partial charge in [-0.25, -0.2) is 9.78 Å². The number of nitrogen functional groups attached to an aromatic ring is 1. The molecule has 2 atom stereocenters. The fraction of sp³-hybridized carbons (Fsp3) is 0.300. The number of hydrogen-bond donors (Lipinski definition) is 3. The Labute approximate surface area is 201 Å². The molecule has 4 heterocycles. The van der Waals surface area contributed by atoms with Crippen molar-refractivity contribution in [3.8, 4) is 0 Å². The van der Waals surface area contributed by atoms with Crippen LogP contribution in [0.4, 0.5) is 5.13 Å². The number of amides is 2. The molecule has 0 spiro atoms. The van der Waals surface area contributed by atoms with Gasteiger partial charge in [0.25, 0.3) is 11.8 Å². The highest BCUT2D eigenvalue weighted by Crippen LogP contribution is 2.40. The number of anilines is 1. The number of aromatic nitrogens is 2. The minimum atomic E-state index is -1.28. The second kappa shape index (κ2) is 10.1. The Morgan fingerprint density at radius 1 is 1.41 bits per heavy atom. The number of carbonyl (C=O) groups excluding carboxylic acids is 2. The number of nitrogens with zero attached hydrogens (tertiary/aromatic N) is 4. The van der Waals surface area contributed by atoms with Crippen molar-refractivity contribution in [1.29, 1.82) is 0 Å². The van der Waals surface area contributed by atoms with Gasteiger partial charge in [0.2, 0.25) is 0 Å². The Kier molecular flexibility index (Phi) is 6.98. The molecule has 0 radical (unpaired) electrons. The topological polar surface area (TPSA) is 169 Å². The first-order chi connectivity index (χ1) is 16.4. The molecular weight excluding hydrogens is 484 g/mol. The van der Waals surface area contributed by atoms with Crippen LogP contribution in [0.1, 0.15) is 11.4 Å². The number of carboxylic acids is 1. The number of oxime groups is 1. The number of pyridine rings is 1. The maximum atomic E-state index is 12.8. The average Bonchev–Trinajstić information content (AvgIpc) is 3.26. The highest BCUT2D eigenvalue weighted by Gasteiger charge is 2.55. The van der Waals surface area contributed by atoms with Crippen molar-refractivity contribution in [2.75, 3.05) is 25.2 Å². The molecule has 0 unspecified atom stereocenters. The molecule has 14 heteroatoms. The summed E-state index contributed by atoms with van der Waals surface area (Å²) in [5.41, 5.74) is 6.27. The number of carboxylic acid groups (broad SMARTS) is 1. The quantitative estimate of drug-likeness (QED) is 0.247. The zero-order valence-corrected chi connectivity index (χ0v) is 19.5. The minimum absolute atomic E-state index is 0.143. The summed E-state index contributed by atoms with van der Waals surface area (Å²) >= 11 is 2.42. The molecule has 0 bridgehead atoms. The summed E-state index contributed by atoms with van der Waals surface area (Å²) in [6.07, 6.45) is 2.15. The molecule has 12 nitrogen and oxygen atoms in total. The molecule has 2 aliphatic rings. The highest BCUT2D eigenvalue weighted by atomic mass is 32.2. The summed E-state index contributed by atoms with van der Waals surface area (Å²) in [7, 11) is 1.27. The van der Waals surface area contributed by atoms with Gasteiger partial charge in [-0.1, -0.05) is 11.2 Å². The van der Waals surface area contributed by atoms with Crippen LogP contribution in [0.2, 0.25) is 0 Å². The molecule has 2 amide bonds. The van der Waals surface area contributed by atoms with Crippen molar-refractivity contribution in [2.24, 2.45) is 5.16 Å². The third kappa shape index (κ3) is 4.68. The van der Waals surface area contributed by atoms with E-state index >= 15 is 0 Å². The van der Waals surface area contributed by atoms with Crippen LogP contribution >= 0.6 is 23.1 Å². The second-order valence-corrected chi connectivity index (χ2v) is 9.05. The molecule has 34 heavy (non-hydrogen) atoms. The van der Waals surface area contributed by atoms with E-state index in [-0.39, 0.29) is 40.4 Å². The second-order valence-electron chi connectivity index (χ2n) is 7.05. The third-order valence-corrected chi connectivity index (χ3v) is 6.87. The smallest absolute Gasteiger partial charge is 0.356 e. The van der Waals surface area contributed by atoms with Crippen molar-refractivity contribution < 1.29 is 29.1 Å². The van der Waals surface area contributed by atoms with Crippen LogP contribution < -0.4 is 11.1 Å². The van der Waals surface area contributed by atoms with Crippen LogP contribution in [0.25, 0.3) is 0 Å². The van der Waals surface area contributed by atoms with Crippen LogP contribution in [-0.2, 0) is 30.4 Å². The molecule has 1 fully saturated rings. The van der Waals surface area contributed by atoms with Crippen molar-refractivity contribution in [3.63, 3.8) is 0 Å². The highest BCUT2D eigenvalue weighted by molar-refractivity contribution is 8.00. The van der Waals surface area contributed by atoms with Gasteiger partial charge in [0.1, 0.15) is 30.0 Å². The lowest BCUT2D eigenvalue weighted by Gasteiger charge is -2.48. The molecule has 2 aliphatic heterocycles. The fourth-order valence-corrected chi connectivity index (χ4v) is 5.25. The Bertz CT molecular complexity index is 1170. The van der Waals surface area contributed by atoms with E-state index in [9.17, 15) is 19.5 Å². The number of fused-ring (bicyclic) bond motifs is 1. The Balaban J connectivity index is 1.45. The summed E-state index contributed by atoms with van der Waals surface area (Å²) in [5.74, 6) is -2.11. The number of nitrogens with one attached hydrogen (secondary N) is 1. The van der Waals surface area contributed by atoms with Gasteiger partial charge in [-0.05, 0) is 12.1 Å². The first kappa shape index (κ1) is 23.5. The van der Waals surface area contributed by atoms with Crippen LogP contribution in [0.3, 0.4) is 0 Å². The lowest BCUT2D eigenvalue weighted by molar-refractivity contribution is -0.150. The predicted octanol–water partition coefficient (Wildman–Crippen LogP) is 0.426. The molecule has 0 saturated carbocycles. The number of β-lactam (4-membered cyclic amide) rings is 1. The zero-order valence-electron chi connectivity index (χ0n) is 17.8. The number of thiazole rings is 1. The Hall–Kier alpha value is -3.65. The van der Waals surface area contributed by atoms with Crippen LogP contribution in [-0.4, -0.2) is 74.4 Å².